The second-order valence-corrected chi connectivity index (χ2v) is 8.71. The van der Waals surface area contributed by atoms with Crippen LogP contribution in [0.1, 0.15) is 83.5 Å². The number of nitrogens with zero attached hydrogens (tertiary/aromatic N) is 5. The van der Waals surface area contributed by atoms with Crippen molar-refractivity contribution in [1.29, 1.82) is 0 Å². The highest BCUT2D eigenvalue weighted by Gasteiger charge is 2.11. The first-order valence-electron chi connectivity index (χ1n) is 14.0. The maximum atomic E-state index is 5.99. The van der Waals surface area contributed by atoms with Gasteiger partial charge in [-0.1, -0.05) is 60.1 Å². The SMILES string of the molecule is CC.CCC.CCCN(CCC)c1cc(OCCc2ccccn2)nc(/C=N/Nc2ccc(C)c(C)c2)n1. The fourth-order valence-corrected chi connectivity index (χ4v) is 3.39. The third kappa shape index (κ3) is 12.2. The normalized spacial score (nSPS) is 10.2. The summed E-state index contributed by atoms with van der Waals surface area (Å²) in [5, 5.41) is 4.36. The van der Waals surface area contributed by atoms with Crippen LogP contribution in [-0.2, 0) is 6.42 Å². The standard InChI is InChI=1S/C26H34N6O.C3H8.C2H6/c1-5-14-32(15-6-2)25-18-26(33-16-12-22-9-7-8-13-27-22)30-24(29-25)19-28-31-23-11-10-20(3)21(4)17-23;1-3-2;1-2/h7-11,13,17-19,31H,5-6,12,14-16H2,1-4H3;3H2,1-2H3;1-2H3/b28-19+;;. The second-order valence-electron chi connectivity index (χ2n) is 8.71. The van der Waals surface area contributed by atoms with Crippen molar-refractivity contribution in [3.05, 3.63) is 71.3 Å². The molecule has 0 aliphatic carbocycles. The van der Waals surface area contributed by atoms with Crippen LogP contribution in [0, 0.1) is 13.8 Å². The molecular formula is C31H48N6O. The molecule has 2 aromatic heterocycles. The number of rotatable bonds is 12. The molecule has 0 aliphatic heterocycles. The van der Waals surface area contributed by atoms with Gasteiger partial charge in [0.2, 0.25) is 5.88 Å². The minimum Gasteiger partial charge on any atom is -0.477 e. The van der Waals surface area contributed by atoms with Crippen molar-refractivity contribution in [2.45, 2.75) is 81.1 Å². The topological polar surface area (TPSA) is 75.5 Å². The van der Waals surface area contributed by atoms with E-state index in [1.807, 2.05) is 44.2 Å². The van der Waals surface area contributed by atoms with Gasteiger partial charge < -0.3 is 9.64 Å². The van der Waals surface area contributed by atoms with Crippen LogP contribution in [0.3, 0.4) is 0 Å². The smallest absolute Gasteiger partial charge is 0.219 e. The highest BCUT2D eigenvalue weighted by atomic mass is 16.5. The monoisotopic (exact) mass is 520 g/mol. The van der Waals surface area contributed by atoms with Crippen LogP contribution < -0.4 is 15.1 Å². The largest absolute Gasteiger partial charge is 0.477 e. The third-order valence-corrected chi connectivity index (χ3v) is 5.23. The van der Waals surface area contributed by atoms with Crippen LogP contribution in [0.2, 0.25) is 0 Å². The molecule has 0 spiro atoms. The van der Waals surface area contributed by atoms with E-state index in [1.54, 1.807) is 12.4 Å². The number of aromatic nitrogens is 3. The van der Waals surface area contributed by atoms with E-state index in [0.717, 1.165) is 43.1 Å². The van der Waals surface area contributed by atoms with E-state index in [0.29, 0.717) is 24.7 Å². The van der Waals surface area contributed by atoms with Gasteiger partial charge in [0, 0.05) is 37.5 Å². The first-order chi connectivity index (χ1) is 18.5. The first kappa shape index (κ1) is 32.5. The molecule has 0 fully saturated rings. The number of ether oxygens (including phenoxy) is 1. The summed E-state index contributed by atoms with van der Waals surface area (Å²) in [6.45, 7) is 19.1. The van der Waals surface area contributed by atoms with Gasteiger partial charge >= 0.3 is 0 Å². The minimum atomic E-state index is 0.493. The Kier molecular flexibility index (Phi) is 16.8. The van der Waals surface area contributed by atoms with Gasteiger partial charge in [0.15, 0.2) is 5.82 Å². The molecule has 3 aromatic rings. The molecule has 7 nitrogen and oxygen atoms in total. The molecule has 2 heterocycles. The lowest BCUT2D eigenvalue weighted by Gasteiger charge is -2.23. The second kappa shape index (κ2) is 19.6. The number of nitrogens with one attached hydrogen (secondary N) is 1. The molecule has 1 aromatic carbocycles. The molecule has 38 heavy (non-hydrogen) atoms. The summed E-state index contributed by atoms with van der Waals surface area (Å²) in [5.74, 6) is 1.91. The Labute approximate surface area is 230 Å². The molecule has 0 saturated heterocycles. The summed E-state index contributed by atoms with van der Waals surface area (Å²) in [6, 6.07) is 14.0. The lowest BCUT2D eigenvalue weighted by Crippen LogP contribution is -2.26. The van der Waals surface area contributed by atoms with E-state index in [1.165, 1.54) is 17.5 Å². The maximum absolute atomic E-state index is 5.99. The highest BCUT2D eigenvalue weighted by molar-refractivity contribution is 5.76. The molecule has 0 aliphatic rings. The number of hydrazone groups is 1. The molecular weight excluding hydrogens is 472 g/mol. The average Bonchev–Trinajstić information content (AvgIpc) is 2.93. The van der Waals surface area contributed by atoms with Crippen LogP contribution in [0.15, 0.2) is 53.8 Å². The molecule has 1 N–H and O–H groups in total. The molecule has 0 radical (unpaired) electrons. The zero-order valence-electron chi connectivity index (χ0n) is 24.8. The van der Waals surface area contributed by atoms with Gasteiger partial charge in [-0.3, -0.25) is 10.4 Å². The Bertz CT molecular complexity index is 1050. The van der Waals surface area contributed by atoms with Gasteiger partial charge in [0.1, 0.15) is 5.82 Å². The van der Waals surface area contributed by atoms with E-state index in [-0.39, 0.29) is 0 Å². The van der Waals surface area contributed by atoms with Crippen LogP contribution in [0.4, 0.5) is 11.5 Å². The van der Waals surface area contributed by atoms with E-state index < -0.39 is 0 Å². The van der Waals surface area contributed by atoms with Crippen molar-refractivity contribution in [2.75, 3.05) is 30.0 Å². The van der Waals surface area contributed by atoms with Crippen LogP contribution in [-0.4, -0.2) is 40.9 Å². The van der Waals surface area contributed by atoms with Gasteiger partial charge in [0.25, 0.3) is 0 Å². The number of benzene rings is 1. The quantitative estimate of drug-likeness (QED) is 0.195. The zero-order valence-corrected chi connectivity index (χ0v) is 24.8. The van der Waals surface area contributed by atoms with Crippen molar-refractivity contribution >= 4 is 17.7 Å². The summed E-state index contributed by atoms with van der Waals surface area (Å²) < 4.78 is 5.99. The summed E-state index contributed by atoms with van der Waals surface area (Å²) in [7, 11) is 0. The highest BCUT2D eigenvalue weighted by Crippen LogP contribution is 2.19. The Hall–Kier alpha value is -3.48. The predicted molar refractivity (Wildman–Crippen MR) is 163 cm³/mol. The van der Waals surface area contributed by atoms with Crippen LogP contribution in [0.25, 0.3) is 0 Å². The lowest BCUT2D eigenvalue weighted by atomic mass is 10.1. The number of anilines is 2. The zero-order chi connectivity index (χ0) is 28.2. The molecule has 0 amide bonds. The van der Waals surface area contributed by atoms with Crippen molar-refractivity contribution in [3.63, 3.8) is 0 Å². The van der Waals surface area contributed by atoms with Crippen molar-refractivity contribution in [1.82, 2.24) is 15.0 Å². The maximum Gasteiger partial charge on any atom is 0.219 e. The van der Waals surface area contributed by atoms with Crippen LogP contribution >= 0.6 is 0 Å². The lowest BCUT2D eigenvalue weighted by molar-refractivity contribution is 0.307. The predicted octanol–water partition coefficient (Wildman–Crippen LogP) is 7.62. The molecule has 0 bridgehead atoms. The van der Waals surface area contributed by atoms with Gasteiger partial charge in [-0.25, -0.2) is 4.98 Å². The fraction of sp³-hybridized carbons (Fsp3) is 0.484. The Morgan fingerprint density at radius 2 is 1.63 bits per heavy atom. The first-order valence-corrected chi connectivity index (χ1v) is 14.0. The fourth-order valence-electron chi connectivity index (χ4n) is 3.39. The number of hydrogen-bond donors (Lipinski definition) is 1. The number of aryl methyl sites for hydroxylation is 2. The van der Waals surface area contributed by atoms with E-state index in [2.05, 4.69) is 79.1 Å². The van der Waals surface area contributed by atoms with E-state index in [9.17, 15) is 0 Å². The van der Waals surface area contributed by atoms with Crippen molar-refractivity contribution < 1.29 is 4.74 Å². The summed E-state index contributed by atoms with van der Waals surface area (Å²) in [6.07, 6.45) is 7.48. The summed E-state index contributed by atoms with van der Waals surface area (Å²) >= 11 is 0. The van der Waals surface area contributed by atoms with Crippen LogP contribution in [0.5, 0.6) is 5.88 Å². The molecule has 0 saturated carbocycles. The molecule has 0 unspecified atom stereocenters. The number of hydrogen-bond acceptors (Lipinski definition) is 7. The van der Waals surface area contributed by atoms with E-state index >= 15 is 0 Å². The molecule has 208 valence electrons. The summed E-state index contributed by atoms with van der Waals surface area (Å²) in [4.78, 5) is 15.9. The Balaban J connectivity index is 0.00000135. The van der Waals surface area contributed by atoms with Crippen molar-refractivity contribution in [3.8, 4) is 5.88 Å². The van der Waals surface area contributed by atoms with Gasteiger partial charge in [-0.05, 0) is 62.1 Å². The molecule has 7 heteroatoms. The Morgan fingerprint density at radius 3 is 2.24 bits per heavy atom. The van der Waals surface area contributed by atoms with Gasteiger partial charge in [-0.15, -0.1) is 0 Å². The van der Waals surface area contributed by atoms with Gasteiger partial charge in [0.05, 0.1) is 18.5 Å². The Morgan fingerprint density at radius 1 is 0.921 bits per heavy atom. The third-order valence-electron chi connectivity index (χ3n) is 5.23. The number of pyridine rings is 1. The molecule has 0 atom stereocenters. The summed E-state index contributed by atoms with van der Waals surface area (Å²) in [5.41, 5.74) is 7.45. The minimum absolute atomic E-state index is 0.493. The molecule has 3 rings (SSSR count). The van der Waals surface area contributed by atoms with Crippen molar-refractivity contribution in [2.24, 2.45) is 5.10 Å². The van der Waals surface area contributed by atoms with Gasteiger partial charge in [-0.2, -0.15) is 10.1 Å². The van der Waals surface area contributed by atoms with E-state index in [4.69, 9.17) is 9.72 Å². The average molecular weight is 521 g/mol.